The summed E-state index contributed by atoms with van der Waals surface area (Å²) in [5, 5.41) is 0. The molecule has 1 aromatic rings. The molecular formula is C15H20N2O. The normalized spacial score (nSPS) is 23.3. The van der Waals surface area contributed by atoms with Gasteiger partial charge in [0.15, 0.2) is 0 Å². The number of carbonyl (C=O) groups is 1. The van der Waals surface area contributed by atoms with Crippen LogP contribution in [0.15, 0.2) is 24.3 Å². The van der Waals surface area contributed by atoms with Gasteiger partial charge in [-0.2, -0.15) is 0 Å². The topological polar surface area (TPSA) is 46.3 Å². The Morgan fingerprint density at radius 1 is 1.28 bits per heavy atom. The third-order valence-corrected chi connectivity index (χ3v) is 4.45. The summed E-state index contributed by atoms with van der Waals surface area (Å²) in [6.07, 6.45) is 5.28. The van der Waals surface area contributed by atoms with Crippen molar-refractivity contribution in [3.63, 3.8) is 0 Å². The van der Waals surface area contributed by atoms with Gasteiger partial charge in [-0.1, -0.05) is 24.6 Å². The van der Waals surface area contributed by atoms with Gasteiger partial charge in [-0.05, 0) is 42.7 Å². The van der Waals surface area contributed by atoms with Gasteiger partial charge in [-0.3, -0.25) is 4.79 Å². The molecule has 2 aliphatic rings. The highest BCUT2D eigenvalue weighted by Crippen LogP contribution is 2.46. The number of fused-ring (bicyclic) bond motifs is 1. The van der Waals surface area contributed by atoms with Crippen LogP contribution < -0.4 is 10.6 Å². The summed E-state index contributed by atoms with van der Waals surface area (Å²) >= 11 is 0. The highest BCUT2D eigenvalue weighted by atomic mass is 16.1. The lowest BCUT2D eigenvalue weighted by Gasteiger charge is -2.41. The van der Waals surface area contributed by atoms with Gasteiger partial charge in [0, 0.05) is 12.2 Å². The first-order valence-electron chi connectivity index (χ1n) is 6.88. The minimum atomic E-state index is -0.244. The first-order chi connectivity index (χ1) is 8.75. The molecular weight excluding hydrogens is 224 g/mol. The van der Waals surface area contributed by atoms with Gasteiger partial charge in [0.2, 0.25) is 5.91 Å². The summed E-state index contributed by atoms with van der Waals surface area (Å²) < 4.78 is 0. The van der Waals surface area contributed by atoms with Crippen LogP contribution >= 0.6 is 0 Å². The van der Waals surface area contributed by atoms with Gasteiger partial charge in [-0.25, -0.2) is 0 Å². The SMILES string of the molecule is NC(=O)CN1CC[C@H](C2CCC2)c2ccccc21. The standard InChI is InChI=1S/C15H20N2O/c16-15(18)10-17-9-8-12(11-4-3-5-11)13-6-1-2-7-14(13)17/h1-2,6-7,11-12H,3-5,8-10H2,(H2,16,18)/t12-/m1/s1. The largest absolute Gasteiger partial charge is 0.368 e. The molecule has 0 unspecified atom stereocenters. The van der Waals surface area contributed by atoms with Crippen LogP contribution in [0.5, 0.6) is 0 Å². The van der Waals surface area contributed by atoms with E-state index in [2.05, 4.69) is 29.2 Å². The van der Waals surface area contributed by atoms with E-state index in [0.717, 1.165) is 18.9 Å². The lowest BCUT2D eigenvalue weighted by molar-refractivity contribution is -0.116. The van der Waals surface area contributed by atoms with Crippen molar-refractivity contribution < 1.29 is 4.79 Å². The van der Waals surface area contributed by atoms with E-state index in [4.69, 9.17) is 5.73 Å². The Morgan fingerprint density at radius 2 is 2.06 bits per heavy atom. The van der Waals surface area contributed by atoms with Crippen molar-refractivity contribution in [1.82, 2.24) is 0 Å². The highest BCUT2D eigenvalue weighted by Gasteiger charge is 2.33. The molecule has 3 rings (SSSR count). The fourth-order valence-electron chi connectivity index (χ4n) is 3.34. The predicted molar refractivity (Wildman–Crippen MR) is 72.5 cm³/mol. The quantitative estimate of drug-likeness (QED) is 0.886. The molecule has 18 heavy (non-hydrogen) atoms. The number of carbonyl (C=O) groups excluding carboxylic acids is 1. The maximum Gasteiger partial charge on any atom is 0.236 e. The smallest absolute Gasteiger partial charge is 0.236 e. The van der Waals surface area contributed by atoms with Crippen molar-refractivity contribution in [3.05, 3.63) is 29.8 Å². The van der Waals surface area contributed by atoms with Crippen LogP contribution in [0.1, 0.15) is 37.2 Å². The second kappa shape index (κ2) is 4.63. The van der Waals surface area contributed by atoms with Gasteiger partial charge in [0.25, 0.3) is 0 Å². The third-order valence-electron chi connectivity index (χ3n) is 4.45. The molecule has 1 saturated carbocycles. The van der Waals surface area contributed by atoms with Crippen molar-refractivity contribution >= 4 is 11.6 Å². The average Bonchev–Trinajstić information content (AvgIpc) is 2.29. The van der Waals surface area contributed by atoms with Crippen molar-refractivity contribution in [2.45, 2.75) is 31.6 Å². The van der Waals surface area contributed by atoms with Gasteiger partial charge in [-0.15, -0.1) is 0 Å². The monoisotopic (exact) mass is 244 g/mol. The number of para-hydroxylation sites is 1. The zero-order valence-corrected chi connectivity index (χ0v) is 10.6. The zero-order valence-electron chi connectivity index (χ0n) is 10.6. The van der Waals surface area contributed by atoms with Crippen LogP contribution in [0.4, 0.5) is 5.69 Å². The minimum Gasteiger partial charge on any atom is -0.368 e. The Hall–Kier alpha value is -1.51. The Balaban J connectivity index is 1.89. The number of primary amides is 1. The molecule has 0 aromatic heterocycles. The minimum absolute atomic E-state index is 0.244. The molecule has 3 heteroatoms. The molecule has 1 fully saturated rings. The summed E-state index contributed by atoms with van der Waals surface area (Å²) in [5.74, 6) is 1.31. The molecule has 1 aromatic carbocycles. The fraction of sp³-hybridized carbons (Fsp3) is 0.533. The summed E-state index contributed by atoms with van der Waals surface area (Å²) in [6.45, 7) is 1.30. The van der Waals surface area contributed by atoms with Crippen molar-refractivity contribution in [3.8, 4) is 0 Å². The molecule has 3 nitrogen and oxygen atoms in total. The van der Waals surface area contributed by atoms with Crippen LogP contribution in [0.3, 0.4) is 0 Å². The summed E-state index contributed by atoms with van der Waals surface area (Å²) in [6, 6.07) is 8.52. The molecule has 1 amide bonds. The highest BCUT2D eigenvalue weighted by molar-refractivity contribution is 5.80. The van der Waals surface area contributed by atoms with Crippen LogP contribution in [-0.2, 0) is 4.79 Å². The zero-order chi connectivity index (χ0) is 12.5. The Bertz CT molecular complexity index is 454. The van der Waals surface area contributed by atoms with Crippen molar-refractivity contribution in [1.29, 1.82) is 0 Å². The first kappa shape index (κ1) is 11.6. The van der Waals surface area contributed by atoms with E-state index in [1.807, 2.05) is 0 Å². The Kier molecular flexibility index (Phi) is 2.98. The number of anilines is 1. The molecule has 96 valence electrons. The molecule has 1 aliphatic heterocycles. The van der Waals surface area contributed by atoms with Gasteiger partial charge in [0.05, 0.1) is 6.54 Å². The van der Waals surface area contributed by atoms with E-state index in [-0.39, 0.29) is 5.91 Å². The molecule has 1 heterocycles. The average molecular weight is 244 g/mol. The number of benzene rings is 1. The van der Waals surface area contributed by atoms with E-state index in [1.165, 1.54) is 30.5 Å². The van der Waals surface area contributed by atoms with Crippen LogP contribution in [-0.4, -0.2) is 19.0 Å². The van der Waals surface area contributed by atoms with Crippen LogP contribution in [0.2, 0.25) is 0 Å². The number of nitrogens with two attached hydrogens (primary N) is 1. The van der Waals surface area contributed by atoms with Crippen LogP contribution in [0, 0.1) is 5.92 Å². The number of hydrogen-bond donors (Lipinski definition) is 1. The molecule has 1 aliphatic carbocycles. The number of nitrogens with zero attached hydrogens (tertiary/aromatic N) is 1. The maximum atomic E-state index is 11.1. The Morgan fingerprint density at radius 3 is 2.72 bits per heavy atom. The molecule has 2 N–H and O–H groups in total. The Labute approximate surface area is 108 Å². The lowest BCUT2D eigenvalue weighted by Crippen LogP contribution is -2.39. The summed E-state index contributed by atoms with van der Waals surface area (Å²) in [7, 11) is 0. The first-order valence-corrected chi connectivity index (χ1v) is 6.88. The van der Waals surface area contributed by atoms with E-state index in [9.17, 15) is 4.79 Å². The maximum absolute atomic E-state index is 11.1. The molecule has 0 saturated heterocycles. The second-order valence-electron chi connectivity index (χ2n) is 5.53. The van der Waals surface area contributed by atoms with Crippen LogP contribution in [0.25, 0.3) is 0 Å². The third kappa shape index (κ3) is 1.98. The van der Waals surface area contributed by atoms with Gasteiger partial charge >= 0.3 is 0 Å². The molecule has 0 bridgehead atoms. The number of amides is 1. The lowest BCUT2D eigenvalue weighted by atomic mass is 9.70. The van der Waals surface area contributed by atoms with E-state index < -0.39 is 0 Å². The van der Waals surface area contributed by atoms with Crippen molar-refractivity contribution in [2.75, 3.05) is 18.0 Å². The molecule has 1 atom stereocenters. The number of hydrogen-bond acceptors (Lipinski definition) is 2. The second-order valence-corrected chi connectivity index (χ2v) is 5.53. The predicted octanol–water partition coefficient (Wildman–Crippen LogP) is 2.27. The summed E-state index contributed by atoms with van der Waals surface area (Å²) in [4.78, 5) is 13.3. The van der Waals surface area contributed by atoms with E-state index >= 15 is 0 Å². The fourth-order valence-corrected chi connectivity index (χ4v) is 3.34. The van der Waals surface area contributed by atoms with Gasteiger partial charge < -0.3 is 10.6 Å². The van der Waals surface area contributed by atoms with Crippen molar-refractivity contribution in [2.24, 2.45) is 11.7 Å². The molecule has 0 spiro atoms. The van der Waals surface area contributed by atoms with E-state index in [1.54, 1.807) is 0 Å². The molecule has 0 radical (unpaired) electrons. The number of rotatable bonds is 3. The van der Waals surface area contributed by atoms with E-state index in [0.29, 0.717) is 12.5 Å². The summed E-state index contributed by atoms with van der Waals surface area (Å²) in [5.41, 5.74) is 7.98. The van der Waals surface area contributed by atoms with Gasteiger partial charge in [0.1, 0.15) is 0 Å².